The van der Waals surface area contributed by atoms with Gasteiger partial charge in [0.2, 0.25) is 0 Å². The van der Waals surface area contributed by atoms with Gasteiger partial charge >= 0.3 is 0 Å². The first-order valence-electron chi connectivity index (χ1n) is 8.37. The van der Waals surface area contributed by atoms with Crippen LogP contribution in [0.3, 0.4) is 0 Å². The van der Waals surface area contributed by atoms with Crippen LogP contribution < -0.4 is 14.8 Å². The van der Waals surface area contributed by atoms with E-state index < -0.39 is 0 Å². The van der Waals surface area contributed by atoms with Crippen LogP contribution in [0.5, 0.6) is 11.5 Å². The van der Waals surface area contributed by atoms with Crippen molar-refractivity contribution in [3.8, 4) is 23.0 Å². The molecule has 27 heavy (non-hydrogen) atoms. The molecule has 8 heteroatoms. The zero-order valence-electron chi connectivity index (χ0n) is 14.6. The molecule has 0 saturated carbocycles. The number of hydrogen-bond donors (Lipinski definition) is 1. The third kappa shape index (κ3) is 3.50. The Balaban J connectivity index is 1.77. The number of nitrogens with one attached hydrogen (secondary N) is 1. The summed E-state index contributed by atoms with van der Waals surface area (Å²) in [5, 5.41) is 10.9. The minimum absolute atomic E-state index is 0.327. The zero-order valence-corrected chi connectivity index (χ0v) is 14.6. The number of allylic oxidation sites excluding steroid dienone is 1. The Hall–Kier alpha value is -3.68. The Bertz CT molecular complexity index is 1010. The summed E-state index contributed by atoms with van der Waals surface area (Å²) >= 11 is 0. The molecule has 1 N–H and O–H groups in total. The van der Waals surface area contributed by atoms with Crippen LogP contribution in [0.4, 0.5) is 5.82 Å². The van der Waals surface area contributed by atoms with E-state index in [-0.39, 0.29) is 5.91 Å². The maximum absolute atomic E-state index is 12.8. The molecule has 1 aromatic carbocycles. The zero-order chi connectivity index (χ0) is 18.6. The van der Waals surface area contributed by atoms with Crippen molar-refractivity contribution in [2.75, 3.05) is 19.0 Å². The lowest BCUT2D eigenvalue weighted by molar-refractivity contribution is 0.102. The van der Waals surface area contributed by atoms with E-state index in [0.717, 1.165) is 0 Å². The van der Waals surface area contributed by atoms with Crippen molar-refractivity contribution in [1.82, 2.24) is 19.7 Å². The second kappa shape index (κ2) is 7.28. The number of anilines is 1. The monoisotopic (exact) mass is 363 g/mol. The highest BCUT2D eigenvalue weighted by atomic mass is 16.5. The summed E-state index contributed by atoms with van der Waals surface area (Å²) in [6, 6.07) is 10.5. The molecule has 0 saturated heterocycles. The number of rotatable bonds is 1. The second-order valence-electron chi connectivity index (χ2n) is 5.81. The van der Waals surface area contributed by atoms with Crippen LogP contribution in [-0.4, -0.2) is 39.4 Å². The fourth-order valence-corrected chi connectivity index (χ4v) is 2.73. The van der Waals surface area contributed by atoms with Crippen LogP contribution in [-0.2, 0) is 6.54 Å². The summed E-state index contributed by atoms with van der Waals surface area (Å²) in [4.78, 5) is 17.3. The number of ether oxygens (including phenoxy) is 2. The van der Waals surface area contributed by atoms with Crippen molar-refractivity contribution < 1.29 is 14.3 Å². The van der Waals surface area contributed by atoms with E-state index in [0.29, 0.717) is 47.6 Å². The van der Waals surface area contributed by atoms with Gasteiger partial charge in [-0.3, -0.25) is 4.79 Å². The van der Waals surface area contributed by atoms with E-state index in [2.05, 4.69) is 20.5 Å². The van der Waals surface area contributed by atoms with Gasteiger partial charge in [0.15, 0.2) is 5.82 Å². The van der Waals surface area contributed by atoms with Crippen molar-refractivity contribution >= 4 is 11.7 Å². The molecule has 0 fully saturated rings. The predicted octanol–water partition coefficient (Wildman–Crippen LogP) is 2.55. The van der Waals surface area contributed by atoms with Crippen LogP contribution in [0, 0.1) is 0 Å². The number of nitrogens with zero attached hydrogens (tertiary/aromatic N) is 4. The van der Waals surface area contributed by atoms with Gasteiger partial charge in [-0.2, -0.15) is 0 Å². The highest BCUT2D eigenvalue weighted by Gasteiger charge is 2.16. The lowest BCUT2D eigenvalue weighted by atomic mass is 10.1. The van der Waals surface area contributed by atoms with E-state index in [4.69, 9.17) is 9.47 Å². The number of pyridine rings is 1. The van der Waals surface area contributed by atoms with Crippen LogP contribution in [0.25, 0.3) is 11.5 Å². The molecule has 3 heterocycles. The van der Waals surface area contributed by atoms with Gasteiger partial charge in [-0.25, -0.2) is 4.98 Å². The standard InChI is InChI=1S/C19H17N5O3/c1-26-13-7-8-16-14(11-13)19(25)22-17-6-4-5-15(21-17)18-23-20-12-24(18)9-2-3-10-27-16/h2-8,11-12H,9-10H2,1H3,(H,21,22,25)/b3-2-. The molecule has 1 amide bonds. The number of carbonyl (C=O) groups is 1. The summed E-state index contributed by atoms with van der Waals surface area (Å²) in [7, 11) is 1.55. The first-order chi connectivity index (χ1) is 13.2. The van der Waals surface area contributed by atoms with Gasteiger partial charge in [0.05, 0.1) is 12.7 Å². The molecule has 0 radical (unpaired) electrons. The molecule has 2 bridgehead atoms. The van der Waals surface area contributed by atoms with E-state index in [1.165, 1.54) is 0 Å². The molecule has 0 atom stereocenters. The van der Waals surface area contributed by atoms with Crippen molar-refractivity contribution in [2.24, 2.45) is 0 Å². The number of carbonyl (C=O) groups excluding carboxylic acids is 1. The molecular formula is C19H17N5O3. The predicted molar refractivity (Wildman–Crippen MR) is 98.8 cm³/mol. The summed E-state index contributed by atoms with van der Waals surface area (Å²) in [5.41, 5.74) is 0.994. The highest BCUT2D eigenvalue weighted by Crippen LogP contribution is 2.26. The minimum atomic E-state index is -0.337. The highest BCUT2D eigenvalue weighted by molar-refractivity contribution is 6.06. The van der Waals surface area contributed by atoms with Gasteiger partial charge in [-0.1, -0.05) is 12.1 Å². The van der Waals surface area contributed by atoms with Gasteiger partial charge in [0.1, 0.15) is 35.9 Å². The Labute approximate surface area is 155 Å². The third-order valence-electron chi connectivity index (χ3n) is 4.07. The van der Waals surface area contributed by atoms with E-state index in [1.54, 1.807) is 37.7 Å². The van der Waals surface area contributed by atoms with Gasteiger partial charge in [-0.15, -0.1) is 10.2 Å². The van der Waals surface area contributed by atoms with Crippen molar-refractivity contribution in [3.63, 3.8) is 0 Å². The number of benzene rings is 1. The molecule has 3 aromatic rings. The van der Waals surface area contributed by atoms with Crippen molar-refractivity contribution in [3.05, 3.63) is 60.4 Å². The average Bonchev–Trinajstić information content (AvgIpc) is 3.16. The molecule has 0 unspecified atom stereocenters. The lowest BCUT2D eigenvalue weighted by Gasteiger charge is -2.13. The Morgan fingerprint density at radius 1 is 1.22 bits per heavy atom. The molecule has 0 aliphatic carbocycles. The molecule has 4 rings (SSSR count). The first-order valence-corrected chi connectivity index (χ1v) is 8.37. The molecular weight excluding hydrogens is 346 g/mol. The number of fused-ring (bicyclic) bond motifs is 5. The van der Waals surface area contributed by atoms with E-state index in [9.17, 15) is 4.79 Å². The molecule has 136 valence electrons. The maximum Gasteiger partial charge on any atom is 0.260 e. The van der Waals surface area contributed by atoms with E-state index >= 15 is 0 Å². The largest absolute Gasteiger partial charge is 0.497 e. The topological polar surface area (TPSA) is 91.2 Å². The minimum Gasteiger partial charge on any atom is -0.497 e. The van der Waals surface area contributed by atoms with Crippen molar-refractivity contribution in [2.45, 2.75) is 6.54 Å². The number of amides is 1. The molecule has 1 aliphatic rings. The van der Waals surface area contributed by atoms with E-state index in [1.807, 2.05) is 28.9 Å². The summed E-state index contributed by atoms with van der Waals surface area (Å²) in [6.45, 7) is 0.910. The number of aromatic nitrogens is 4. The third-order valence-corrected chi connectivity index (χ3v) is 4.07. The van der Waals surface area contributed by atoms with Crippen LogP contribution in [0.2, 0.25) is 0 Å². The Morgan fingerprint density at radius 3 is 3.04 bits per heavy atom. The van der Waals surface area contributed by atoms with Gasteiger partial charge < -0.3 is 19.4 Å². The summed E-state index contributed by atoms with van der Waals surface area (Å²) in [6.07, 6.45) is 5.47. The van der Waals surface area contributed by atoms with Gasteiger partial charge in [-0.05, 0) is 36.4 Å². The number of hydrogen-bond acceptors (Lipinski definition) is 6. The first kappa shape index (κ1) is 16.8. The van der Waals surface area contributed by atoms with Crippen LogP contribution >= 0.6 is 0 Å². The summed E-state index contributed by atoms with van der Waals surface area (Å²) < 4.78 is 12.9. The smallest absolute Gasteiger partial charge is 0.260 e. The molecule has 0 spiro atoms. The molecule has 2 aromatic heterocycles. The Morgan fingerprint density at radius 2 is 2.15 bits per heavy atom. The van der Waals surface area contributed by atoms with Crippen molar-refractivity contribution in [1.29, 1.82) is 0 Å². The maximum atomic E-state index is 12.8. The molecule has 1 aliphatic heterocycles. The van der Waals surface area contributed by atoms with Gasteiger partial charge in [0, 0.05) is 6.54 Å². The quantitative estimate of drug-likeness (QED) is 0.668. The van der Waals surface area contributed by atoms with Gasteiger partial charge in [0.25, 0.3) is 5.91 Å². The average molecular weight is 363 g/mol. The summed E-state index contributed by atoms with van der Waals surface area (Å²) in [5.74, 6) is 1.73. The fourth-order valence-electron chi connectivity index (χ4n) is 2.73. The van der Waals surface area contributed by atoms with Crippen LogP contribution in [0.1, 0.15) is 10.4 Å². The number of methoxy groups -OCH3 is 1. The molecule has 8 nitrogen and oxygen atoms in total. The lowest BCUT2D eigenvalue weighted by Crippen LogP contribution is -2.15. The fraction of sp³-hybridized carbons (Fsp3) is 0.158. The Kier molecular flexibility index (Phi) is 4.52. The normalized spacial score (nSPS) is 14.8. The second-order valence-corrected chi connectivity index (χ2v) is 5.81. The van der Waals surface area contributed by atoms with Crippen LogP contribution in [0.15, 0.2) is 54.9 Å². The SMILES string of the molecule is COc1ccc2c(c1)C(=O)Nc1cccc(n1)-c1nncn1C/C=C\CO2.